The van der Waals surface area contributed by atoms with E-state index in [0.29, 0.717) is 18.6 Å². The summed E-state index contributed by atoms with van der Waals surface area (Å²) in [6, 6.07) is 5.79. The minimum Gasteiger partial charge on any atom is -0.480 e. The molecular formula is C27H30BrNO3. The smallest absolute Gasteiger partial charge is 0.162 e. The van der Waals surface area contributed by atoms with Crippen LogP contribution in [0.25, 0.3) is 0 Å². The molecule has 4 rings (SSSR count). The Morgan fingerprint density at radius 1 is 1.03 bits per heavy atom. The fourth-order valence-corrected chi connectivity index (χ4v) is 5.94. The van der Waals surface area contributed by atoms with E-state index in [2.05, 4.69) is 54.4 Å². The lowest BCUT2D eigenvalue weighted by Gasteiger charge is -2.47. The molecule has 0 aromatic heterocycles. The molecule has 0 bridgehead atoms. The number of nitrogens with zero attached hydrogens (tertiary/aromatic N) is 1. The van der Waals surface area contributed by atoms with Crippen LogP contribution < -0.4 is 4.74 Å². The van der Waals surface area contributed by atoms with Gasteiger partial charge in [-0.25, -0.2) is 0 Å². The molecule has 1 heterocycles. The van der Waals surface area contributed by atoms with E-state index in [1.54, 1.807) is 0 Å². The van der Waals surface area contributed by atoms with Gasteiger partial charge in [-0.15, -0.1) is 6.42 Å². The zero-order chi connectivity index (χ0) is 23.4. The predicted octanol–water partition coefficient (Wildman–Crippen LogP) is 5.78. The van der Waals surface area contributed by atoms with Gasteiger partial charge in [-0.3, -0.25) is 9.59 Å². The van der Waals surface area contributed by atoms with Crippen molar-refractivity contribution in [2.75, 3.05) is 13.7 Å². The van der Waals surface area contributed by atoms with Crippen molar-refractivity contribution in [3.05, 3.63) is 50.8 Å². The minimum absolute atomic E-state index is 0.103. The maximum Gasteiger partial charge on any atom is 0.162 e. The second-order valence-electron chi connectivity index (χ2n) is 10.8. The van der Waals surface area contributed by atoms with E-state index in [1.807, 2.05) is 25.2 Å². The number of carbonyl (C=O) groups excluding carboxylic acids is 2. The lowest BCUT2D eigenvalue weighted by Crippen LogP contribution is -2.43. The van der Waals surface area contributed by atoms with Crippen molar-refractivity contribution in [3.63, 3.8) is 0 Å². The Balaban J connectivity index is 1.91. The third-order valence-electron chi connectivity index (χ3n) is 6.78. The van der Waals surface area contributed by atoms with Gasteiger partial charge >= 0.3 is 0 Å². The summed E-state index contributed by atoms with van der Waals surface area (Å²) < 4.78 is 6.37. The van der Waals surface area contributed by atoms with E-state index in [-0.39, 0.29) is 34.9 Å². The van der Waals surface area contributed by atoms with Gasteiger partial charge in [0.1, 0.15) is 12.4 Å². The minimum atomic E-state index is -0.346. The van der Waals surface area contributed by atoms with E-state index >= 15 is 0 Å². The summed E-state index contributed by atoms with van der Waals surface area (Å²) in [7, 11) is 2.02. The molecule has 0 N–H and O–H groups in total. The van der Waals surface area contributed by atoms with Crippen molar-refractivity contribution in [2.45, 2.75) is 59.3 Å². The highest BCUT2D eigenvalue weighted by Crippen LogP contribution is 2.54. The van der Waals surface area contributed by atoms with Gasteiger partial charge in [-0.2, -0.15) is 0 Å². The molecule has 5 heteroatoms. The molecule has 0 spiro atoms. The molecule has 0 fully saturated rings. The topological polar surface area (TPSA) is 46.6 Å². The van der Waals surface area contributed by atoms with Gasteiger partial charge in [-0.05, 0) is 57.3 Å². The van der Waals surface area contributed by atoms with Crippen LogP contribution in [0, 0.1) is 23.2 Å². The van der Waals surface area contributed by atoms with Crippen LogP contribution in [-0.2, 0) is 9.59 Å². The summed E-state index contributed by atoms with van der Waals surface area (Å²) in [5.74, 6) is 3.06. The summed E-state index contributed by atoms with van der Waals surface area (Å²) >= 11 is 3.59. The first-order valence-electron chi connectivity index (χ1n) is 11.1. The summed E-state index contributed by atoms with van der Waals surface area (Å²) in [6.45, 7) is 8.76. The van der Waals surface area contributed by atoms with Crippen LogP contribution in [0.2, 0.25) is 0 Å². The Hall–Kier alpha value is -2.32. The number of allylic oxidation sites excluding steroid dienone is 4. The van der Waals surface area contributed by atoms with Crippen molar-refractivity contribution in [2.24, 2.45) is 10.8 Å². The molecular weight excluding hydrogens is 466 g/mol. The maximum absolute atomic E-state index is 13.5. The molecule has 0 atom stereocenters. The van der Waals surface area contributed by atoms with Crippen LogP contribution in [0.5, 0.6) is 5.75 Å². The number of ether oxygens (including phenoxy) is 1. The lowest BCUT2D eigenvalue weighted by molar-refractivity contribution is -0.119. The van der Waals surface area contributed by atoms with Crippen LogP contribution in [0.15, 0.2) is 45.2 Å². The summed E-state index contributed by atoms with van der Waals surface area (Å²) in [6.07, 6.45) is 7.94. The third kappa shape index (κ3) is 3.94. The molecule has 4 nitrogen and oxygen atoms in total. The van der Waals surface area contributed by atoms with Gasteiger partial charge in [0.15, 0.2) is 11.6 Å². The highest BCUT2D eigenvalue weighted by Gasteiger charge is 2.48. The molecule has 0 unspecified atom stereocenters. The SMILES string of the molecule is C#CCOc1ccc(C2C3=C(CC(C)(C)CC3=O)N(C)C3=C2C(=O)CC(C)(C)C3)cc1Br. The average molecular weight is 496 g/mol. The van der Waals surface area contributed by atoms with Gasteiger partial charge in [0.25, 0.3) is 0 Å². The van der Waals surface area contributed by atoms with Crippen molar-refractivity contribution in [3.8, 4) is 18.1 Å². The van der Waals surface area contributed by atoms with E-state index in [9.17, 15) is 9.59 Å². The first-order valence-corrected chi connectivity index (χ1v) is 11.9. The number of Topliss-reactive ketones (excluding diaryl/α,β-unsaturated/α-hetero) is 2. The molecule has 0 saturated carbocycles. The number of ketones is 2. The van der Waals surface area contributed by atoms with Gasteiger partial charge in [0.2, 0.25) is 0 Å². The van der Waals surface area contributed by atoms with E-state index in [0.717, 1.165) is 45.4 Å². The number of rotatable bonds is 3. The van der Waals surface area contributed by atoms with Gasteiger partial charge < -0.3 is 9.64 Å². The maximum atomic E-state index is 13.5. The molecule has 3 aliphatic rings. The molecule has 0 saturated heterocycles. The van der Waals surface area contributed by atoms with Gasteiger partial charge in [0.05, 0.1) is 4.47 Å². The summed E-state index contributed by atoms with van der Waals surface area (Å²) in [5.41, 5.74) is 4.40. The number of carbonyl (C=O) groups is 2. The Labute approximate surface area is 199 Å². The average Bonchev–Trinajstić information content (AvgIpc) is 2.67. The highest BCUT2D eigenvalue weighted by atomic mass is 79.9. The number of hydrogen-bond donors (Lipinski definition) is 0. The third-order valence-corrected chi connectivity index (χ3v) is 7.40. The van der Waals surface area contributed by atoms with E-state index < -0.39 is 0 Å². The van der Waals surface area contributed by atoms with Crippen LogP contribution in [0.1, 0.15) is 64.9 Å². The zero-order valence-electron chi connectivity index (χ0n) is 19.5. The number of hydrogen-bond acceptors (Lipinski definition) is 4. The summed E-state index contributed by atoms with van der Waals surface area (Å²) in [5, 5.41) is 0. The zero-order valence-corrected chi connectivity index (χ0v) is 21.1. The molecule has 1 aromatic rings. The van der Waals surface area contributed by atoms with Crippen molar-refractivity contribution < 1.29 is 14.3 Å². The Morgan fingerprint density at radius 2 is 1.56 bits per heavy atom. The molecule has 0 amide bonds. The van der Waals surface area contributed by atoms with Crippen LogP contribution in [-0.4, -0.2) is 30.1 Å². The van der Waals surface area contributed by atoms with E-state index in [1.165, 1.54) is 0 Å². The van der Waals surface area contributed by atoms with Crippen molar-refractivity contribution in [1.82, 2.24) is 4.90 Å². The Morgan fingerprint density at radius 3 is 2.03 bits per heavy atom. The normalized spacial score (nSPS) is 22.5. The van der Waals surface area contributed by atoms with Crippen molar-refractivity contribution in [1.29, 1.82) is 0 Å². The van der Waals surface area contributed by atoms with Crippen LogP contribution in [0.4, 0.5) is 0 Å². The molecule has 1 aliphatic heterocycles. The number of terminal acetylenes is 1. The lowest BCUT2D eigenvalue weighted by atomic mass is 9.64. The molecule has 0 radical (unpaired) electrons. The fourth-order valence-electron chi connectivity index (χ4n) is 5.43. The first-order chi connectivity index (χ1) is 14.9. The molecule has 32 heavy (non-hydrogen) atoms. The van der Waals surface area contributed by atoms with E-state index in [4.69, 9.17) is 11.2 Å². The highest BCUT2D eigenvalue weighted by molar-refractivity contribution is 9.10. The molecule has 1 aromatic carbocycles. The second-order valence-corrected chi connectivity index (χ2v) is 11.6. The monoisotopic (exact) mass is 495 g/mol. The van der Waals surface area contributed by atoms with Gasteiger partial charge in [-0.1, -0.05) is 39.7 Å². The number of benzene rings is 1. The molecule has 2 aliphatic carbocycles. The van der Waals surface area contributed by atoms with Gasteiger partial charge in [0, 0.05) is 48.3 Å². The standard InChI is InChI=1S/C27H30BrNO3/c1-7-10-32-22-9-8-16(11-17(22)28)23-24-18(12-26(2,3)14-20(24)30)29(6)19-13-27(4,5)15-21(31)25(19)23/h1,8-9,11,23H,10,12-15H2,2-6H3. The summed E-state index contributed by atoms with van der Waals surface area (Å²) in [4.78, 5) is 29.1. The number of halogens is 1. The van der Waals surface area contributed by atoms with Crippen LogP contribution >= 0.6 is 15.9 Å². The largest absolute Gasteiger partial charge is 0.480 e. The fraction of sp³-hybridized carbons (Fsp3) is 0.481. The van der Waals surface area contributed by atoms with Crippen LogP contribution in [0.3, 0.4) is 0 Å². The predicted molar refractivity (Wildman–Crippen MR) is 129 cm³/mol. The van der Waals surface area contributed by atoms with Crippen molar-refractivity contribution >= 4 is 27.5 Å². The second kappa shape index (κ2) is 7.92. The quantitative estimate of drug-likeness (QED) is 0.498. The first kappa shape index (κ1) is 22.9. The molecule has 168 valence electrons. The Kier molecular flexibility index (Phi) is 5.66. The Bertz CT molecular complexity index is 1060.